The van der Waals surface area contributed by atoms with E-state index in [4.69, 9.17) is 9.47 Å². The molecule has 0 atom stereocenters. The molecule has 0 saturated carbocycles. The van der Waals surface area contributed by atoms with Gasteiger partial charge in [-0.05, 0) is 44.1 Å². The normalized spacial score (nSPS) is 18.5. The van der Waals surface area contributed by atoms with Crippen molar-refractivity contribution in [2.75, 3.05) is 26.3 Å². The minimum Gasteiger partial charge on any atom is -0.486 e. The van der Waals surface area contributed by atoms with Gasteiger partial charge in [-0.3, -0.25) is 4.79 Å². The van der Waals surface area contributed by atoms with Crippen molar-refractivity contribution in [3.8, 4) is 11.5 Å². The van der Waals surface area contributed by atoms with Crippen LogP contribution in [-0.2, 0) is 0 Å². The molecule has 2 aliphatic heterocycles. The maximum absolute atomic E-state index is 12.4. The number of carbonyl (C=O) groups is 1. The number of hydrogen-bond acceptors (Lipinski definition) is 4. The third kappa shape index (κ3) is 3.01. The Hall–Kier alpha value is -1.26. The van der Waals surface area contributed by atoms with E-state index in [1.54, 1.807) is 0 Å². The molecule has 1 aromatic carbocycles. The van der Waals surface area contributed by atoms with Crippen LogP contribution in [0.5, 0.6) is 11.5 Å². The van der Waals surface area contributed by atoms with Crippen LogP contribution in [0.2, 0.25) is 0 Å². The Morgan fingerprint density at radius 2 is 1.79 bits per heavy atom. The second kappa shape index (κ2) is 6.26. The molecule has 2 aliphatic rings. The van der Waals surface area contributed by atoms with Gasteiger partial charge in [-0.2, -0.15) is 0 Å². The first kappa shape index (κ1) is 14.2. The Bertz CT molecular complexity index is 458. The number of nitrogens with one attached hydrogen (secondary N) is 1. The van der Waals surface area contributed by atoms with E-state index in [0.29, 0.717) is 19.0 Å². The number of halogens is 1. The smallest absolute Gasteiger partial charge is 0.166 e. The van der Waals surface area contributed by atoms with Crippen molar-refractivity contribution >= 4 is 18.2 Å². The van der Waals surface area contributed by atoms with Crippen LogP contribution in [0.3, 0.4) is 0 Å². The number of hydrogen-bond donors (Lipinski definition) is 1. The fourth-order valence-electron chi connectivity index (χ4n) is 2.52. The summed E-state index contributed by atoms with van der Waals surface area (Å²) in [6, 6.07) is 5.50. The first-order valence-corrected chi connectivity index (χ1v) is 6.49. The molecule has 1 aromatic rings. The van der Waals surface area contributed by atoms with E-state index in [1.165, 1.54) is 0 Å². The van der Waals surface area contributed by atoms with Gasteiger partial charge in [0.2, 0.25) is 0 Å². The third-order valence-electron chi connectivity index (χ3n) is 3.54. The Morgan fingerprint density at radius 1 is 1.11 bits per heavy atom. The molecule has 1 saturated heterocycles. The average molecular weight is 284 g/mol. The zero-order valence-electron chi connectivity index (χ0n) is 10.7. The van der Waals surface area contributed by atoms with E-state index in [2.05, 4.69) is 5.32 Å². The number of benzene rings is 1. The largest absolute Gasteiger partial charge is 0.486 e. The molecule has 0 bridgehead atoms. The van der Waals surface area contributed by atoms with Crippen LogP contribution in [0.25, 0.3) is 0 Å². The SMILES string of the molecule is Cl.O=C(c1ccc2c(c1)OCCO2)C1CCNCC1. The first-order valence-electron chi connectivity index (χ1n) is 6.49. The zero-order valence-corrected chi connectivity index (χ0v) is 11.5. The summed E-state index contributed by atoms with van der Waals surface area (Å²) in [5.41, 5.74) is 0.742. The van der Waals surface area contributed by atoms with Crippen molar-refractivity contribution in [3.63, 3.8) is 0 Å². The lowest BCUT2D eigenvalue weighted by Crippen LogP contribution is -2.31. The maximum Gasteiger partial charge on any atom is 0.166 e. The number of rotatable bonds is 2. The monoisotopic (exact) mass is 283 g/mol. The van der Waals surface area contributed by atoms with Crippen LogP contribution in [0, 0.1) is 5.92 Å². The predicted molar refractivity (Wildman–Crippen MR) is 74.6 cm³/mol. The Morgan fingerprint density at radius 3 is 2.53 bits per heavy atom. The molecule has 0 unspecified atom stereocenters. The summed E-state index contributed by atoms with van der Waals surface area (Å²) in [7, 11) is 0. The first-order chi connectivity index (χ1) is 8.84. The highest BCUT2D eigenvalue weighted by molar-refractivity contribution is 5.98. The van der Waals surface area contributed by atoms with Gasteiger partial charge in [0, 0.05) is 11.5 Å². The summed E-state index contributed by atoms with van der Waals surface area (Å²) in [4.78, 5) is 12.4. The molecule has 104 valence electrons. The molecule has 5 heteroatoms. The topological polar surface area (TPSA) is 47.6 Å². The number of piperidine rings is 1. The Kier molecular flexibility index (Phi) is 4.66. The maximum atomic E-state index is 12.4. The standard InChI is InChI=1S/C14H17NO3.ClH/c16-14(10-3-5-15-6-4-10)11-1-2-12-13(9-11)18-8-7-17-12;/h1-2,9-10,15H,3-8H2;1H. The number of fused-ring (bicyclic) bond motifs is 1. The second-order valence-corrected chi connectivity index (χ2v) is 4.75. The lowest BCUT2D eigenvalue weighted by atomic mass is 9.89. The molecule has 0 radical (unpaired) electrons. The van der Waals surface area contributed by atoms with E-state index >= 15 is 0 Å². The zero-order chi connectivity index (χ0) is 12.4. The van der Waals surface area contributed by atoms with Gasteiger partial charge in [-0.25, -0.2) is 0 Å². The van der Waals surface area contributed by atoms with Gasteiger partial charge in [0.15, 0.2) is 17.3 Å². The summed E-state index contributed by atoms with van der Waals surface area (Å²) < 4.78 is 11.0. The van der Waals surface area contributed by atoms with Crippen LogP contribution in [0.4, 0.5) is 0 Å². The van der Waals surface area contributed by atoms with E-state index in [0.717, 1.165) is 37.2 Å². The lowest BCUT2D eigenvalue weighted by molar-refractivity contribution is 0.0894. The van der Waals surface area contributed by atoms with Crippen molar-refractivity contribution in [2.24, 2.45) is 5.92 Å². The molecule has 0 aliphatic carbocycles. The number of carbonyl (C=O) groups excluding carboxylic acids is 1. The van der Waals surface area contributed by atoms with Crippen molar-refractivity contribution in [2.45, 2.75) is 12.8 Å². The van der Waals surface area contributed by atoms with Crippen LogP contribution in [-0.4, -0.2) is 32.1 Å². The van der Waals surface area contributed by atoms with Gasteiger partial charge in [-0.15, -0.1) is 12.4 Å². The van der Waals surface area contributed by atoms with Crippen LogP contribution in [0.15, 0.2) is 18.2 Å². The molecular weight excluding hydrogens is 266 g/mol. The average Bonchev–Trinajstić information content (AvgIpc) is 2.47. The van der Waals surface area contributed by atoms with Crippen LogP contribution >= 0.6 is 12.4 Å². The van der Waals surface area contributed by atoms with Crippen molar-refractivity contribution < 1.29 is 14.3 Å². The van der Waals surface area contributed by atoms with Crippen molar-refractivity contribution in [1.82, 2.24) is 5.32 Å². The van der Waals surface area contributed by atoms with E-state index in [1.807, 2.05) is 18.2 Å². The molecule has 0 amide bonds. The van der Waals surface area contributed by atoms with E-state index in [9.17, 15) is 4.79 Å². The fraction of sp³-hybridized carbons (Fsp3) is 0.500. The molecule has 3 rings (SSSR count). The highest BCUT2D eigenvalue weighted by Gasteiger charge is 2.23. The lowest BCUT2D eigenvalue weighted by Gasteiger charge is -2.23. The van der Waals surface area contributed by atoms with Gasteiger partial charge < -0.3 is 14.8 Å². The van der Waals surface area contributed by atoms with Crippen LogP contribution < -0.4 is 14.8 Å². The van der Waals surface area contributed by atoms with E-state index < -0.39 is 0 Å². The Labute approximate surface area is 118 Å². The molecule has 0 aromatic heterocycles. The van der Waals surface area contributed by atoms with Gasteiger partial charge >= 0.3 is 0 Å². The highest BCUT2D eigenvalue weighted by Crippen LogP contribution is 2.32. The third-order valence-corrected chi connectivity index (χ3v) is 3.54. The molecule has 19 heavy (non-hydrogen) atoms. The number of Topliss-reactive ketones (excluding diaryl/α,β-unsaturated/α-hetero) is 1. The van der Waals surface area contributed by atoms with Gasteiger partial charge in [0.25, 0.3) is 0 Å². The summed E-state index contributed by atoms with van der Waals surface area (Å²) in [5.74, 6) is 1.81. The quantitative estimate of drug-likeness (QED) is 0.844. The molecule has 1 fully saturated rings. The fourth-order valence-corrected chi connectivity index (χ4v) is 2.52. The minimum absolute atomic E-state index is 0. The molecular formula is C14H18ClNO3. The molecule has 2 heterocycles. The number of ketones is 1. The van der Waals surface area contributed by atoms with Crippen molar-refractivity contribution in [1.29, 1.82) is 0 Å². The molecule has 1 N–H and O–H groups in total. The summed E-state index contributed by atoms with van der Waals surface area (Å²) in [6.07, 6.45) is 1.85. The van der Waals surface area contributed by atoms with Crippen LogP contribution in [0.1, 0.15) is 23.2 Å². The minimum atomic E-state index is 0. The second-order valence-electron chi connectivity index (χ2n) is 4.75. The summed E-state index contributed by atoms with van der Waals surface area (Å²) >= 11 is 0. The summed E-state index contributed by atoms with van der Waals surface area (Å²) in [5, 5.41) is 3.27. The van der Waals surface area contributed by atoms with E-state index in [-0.39, 0.29) is 24.1 Å². The van der Waals surface area contributed by atoms with Gasteiger partial charge in [0.1, 0.15) is 13.2 Å². The van der Waals surface area contributed by atoms with Gasteiger partial charge in [-0.1, -0.05) is 0 Å². The van der Waals surface area contributed by atoms with Crippen molar-refractivity contribution in [3.05, 3.63) is 23.8 Å². The predicted octanol–water partition coefficient (Wildman–Crippen LogP) is 2.06. The Balaban J connectivity index is 0.00000133. The number of ether oxygens (including phenoxy) is 2. The molecule has 0 spiro atoms. The highest BCUT2D eigenvalue weighted by atomic mass is 35.5. The van der Waals surface area contributed by atoms with Gasteiger partial charge in [0.05, 0.1) is 0 Å². The molecule has 4 nitrogen and oxygen atoms in total. The summed E-state index contributed by atoms with van der Waals surface area (Å²) in [6.45, 7) is 2.99.